The molecule has 2 aliphatic rings. The zero-order valence-electron chi connectivity index (χ0n) is 11.5. The average molecular weight is 248 g/mol. The number of nitrogens with zero attached hydrogens (tertiary/aromatic N) is 3. The molecule has 0 saturated heterocycles. The van der Waals surface area contributed by atoms with Gasteiger partial charge in [-0.05, 0) is 31.7 Å². The summed E-state index contributed by atoms with van der Waals surface area (Å²) >= 11 is 0. The van der Waals surface area contributed by atoms with Crippen molar-refractivity contribution in [1.82, 2.24) is 14.7 Å². The predicted octanol–water partition coefficient (Wildman–Crippen LogP) is 1.37. The van der Waals surface area contributed by atoms with Gasteiger partial charge in [0.1, 0.15) is 0 Å². The van der Waals surface area contributed by atoms with Crippen LogP contribution in [-0.2, 0) is 13.6 Å². The van der Waals surface area contributed by atoms with E-state index in [-0.39, 0.29) is 5.54 Å². The fourth-order valence-electron chi connectivity index (χ4n) is 3.95. The van der Waals surface area contributed by atoms with Gasteiger partial charge in [0, 0.05) is 37.4 Å². The Bertz CT molecular complexity index is 427. The molecule has 3 atom stereocenters. The van der Waals surface area contributed by atoms with E-state index in [4.69, 9.17) is 5.73 Å². The Kier molecular flexibility index (Phi) is 2.94. The maximum Gasteiger partial charge on any atom is 0.0534 e. The molecule has 0 aliphatic heterocycles. The lowest BCUT2D eigenvalue weighted by molar-refractivity contribution is 0.0613. The minimum Gasteiger partial charge on any atom is -0.329 e. The number of aryl methyl sites for hydroxylation is 1. The molecular weight excluding hydrogens is 224 g/mol. The second kappa shape index (κ2) is 4.35. The fourth-order valence-corrected chi connectivity index (χ4v) is 3.95. The summed E-state index contributed by atoms with van der Waals surface area (Å²) < 4.78 is 1.87. The summed E-state index contributed by atoms with van der Waals surface area (Å²) in [4.78, 5) is 2.49. The molecule has 2 saturated carbocycles. The van der Waals surface area contributed by atoms with Crippen LogP contribution in [0.3, 0.4) is 0 Å². The quantitative estimate of drug-likeness (QED) is 0.875. The first-order chi connectivity index (χ1) is 8.65. The summed E-state index contributed by atoms with van der Waals surface area (Å²) in [5.74, 6) is 1.80. The predicted molar refractivity (Wildman–Crippen MR) is 71.9 cm³/mol. The van der Waals surface area contributed by atoms with Crippen LogP contribution in [0.1, 0.15) is 31.2 Å². The van der Waals surface area contributed by atoms with E-state index in [0.29, 0.717) is 0 Å². The van der Waals surface area contributed by atoms with Gasteiger partial charge in [0.15, 0.2) is 0 Å². The van der Waals surface area contributed by atoms with E-state index < -0.39 is 0 Å². The Morgan fingerprint density at radius 1 is 1.61 bits per heavy atom. The highest BCUT2D eigenvalue weighted by molar-refractivity contribution is 5.12. The van der Waals surface area contributed by atoms with E-state index >= 15 is 0 Å². The highest BCUT2D eigenvalue weighted by Gasteiger charge is 2.55. The van der Waals surface area contributed by atoms with E-state index in [1.165, 1.54) is 31.2 Å². The fraction of sp³-hybridized carbons (Fsp3) is 0.786. The van der Waals surface area contributed by atoms with Gasteiger partial charge in [-0.1, -0.05) is 12.8 Å². The van der Waals surface area contributed by atoms with Gasteiger partial charge in [-0.25, -0.2) is 0 Å². The molecule has 0 amide bonds. The van der Waals surface area contributed by atoms with Crippen LogP contribution in [0, 0.1) is 11.8 Å². The summed E-state index contributed by atoms with van der Waals surface area (Å²) in [6, 6.07) is 0. The molecule has 0 aromatic carbocycles. The van der Waals surface area contributed by atoms with Gasteiger partial charge in [0.05, 0.1) is 6.20 Å². The number of fused-ring (bicyclic) bond motifs is 1. The van der Waals surface area contributed by atoms with Crippen molar-refractivity contribution in [1.29, 1.82) is 0 Å². The van der Waals surface area contributed by atoms with Gasteiger partial charge in [-0.3, -0.25) is 9.58 Å². The first kappa shape index (κ1) is 12.2. The lowest BCUT2D eigenvalue weighted by Gasteiger charge is -2.44. The van der Waals surface area contributed by atoms with Crippen molar-refractivity contribution in [3.05, 3.63) is 18.0 Å². The van der Waals surface area contributed by atoms with Crippen LogP contribution in [0.25, 0.3) is 0 Å². The van der Waals surface area contributed by atoms with E-state index in [1.54, 1.807) is 0 Å². The summed E-state index contributed by atoms with van der Waals surface area (Å²) in [6.45, 7) is 1.76. The van der Waals surface area contributed by atoms with Gasteiger partial charge in [0.25, 0.3) is 0 Å². The molecule has 4 nitrogen and oxygen atoms in total. The number of aromatic nitrogens is 2. The van der Waals surface area contributed by atoms with Gasteiger partial charge < -0.3 is 5.73 Å². The zero-order chi connectivity index (χ0) is 12.8. The highest BCUT2D eigenvalue weighted by Crippen LogP contribution is 2.56. The van der Waals surface area contributed by atoms with Gasteiger partial charge in [-0.15, -0.1) is 0 Å². The standard InChI is InChI=1S/C14H24N4/c1-17(8-11-7-16-18(2)9-11)14(10-15)5-3-4-12-6-13(12)14/h7,9,12-13H,3-6,8,10,15H2,1-2H3. The number of nitrogens with two attached hydrogens (primary N) is 1. The first-order valence-corrected chi connectivity index (χ1v) is 7.04. The summed E-state index contributed by atoms with van der Waals surface area (Å²) in [5, 5.41) is 4.25. The Hall–Kier alpha value is -0.870. The third-order valence-electron chi connectivity index (χ3n) is 5.09. The third kappa shape index (κ3) is 1.88. The Balaban J connectivity index is 1.75. The molecular formula is C14H24N4. The molecule has 0 bridgehead atoms. The molecule has 4 heteroatoms. The van der Waals surface area contributed by atoms with Gasteiger partial charge >= 0.3 is 0 Å². The van der Waals surface area contributed by atoms with Crippen molar-refractivity contribution in [2.45, 2.75) is 37.8 Å². The third-order valence-corrected chi connectivity index (χ3v) is 5.09. The molecule has 0 radical (unpaired) electrons. The average Bonchev–Trinajstić information content (AvgIpc) is 3.06. The normalized spacial score (nSPS) is 34.7. The summed E-state index contributed by atoms with van der Waals surface area (Å²) in [5.41, 5.74) is 7.69. The molecule has 1 aromatic rings. The van der Waals surface area contributed by atoms with Crippen LogP contribution in [0.2, 0.25) is 0 Å². The van der Waals surface area contributed by atoms with Crippen LogP contribution in [-0.4, -0.2) is 33.8 Å². The second-order valence-electron chi connectivity index (χ2n) is 6.18. The number of rotatable bonds is 4. The molecule has 100 valence electrons. The zero-order valence-corrected chi connectivity index (χ0v) is 11.5. The van der Waals surface area contributed by atoms with Crippen LogP contribution < -0.4 is 5.73 Å². The number of hydrogen-bond acceptors (Lipinski definition) is 3. The monoisotopic (exact) mass is 248 g/mol. The van der Waals surface area contributed by atoms with Crippen molar-refractivity contribution in [3.63, 3.8) is 0 Å². The molecule has 3 unspecified atom stereocenters. The molecule has 2 fully saturated rings. The molecule has 2 aliphatic carbocycles. The van der Waals surface area contributed by atoms with Crippen molar-refractivity contribution in [2.24, 2.45) is 24.6 Å². The number of likely N-dealkylation sites (N-methyl/N-ethyl adjacent to an activating group) is 1. The summed E-state index contributed by atoms with van der Waals surface area (Å²) in [7, 11) is 4.21. The van der Waals surface area contributed by atoms with Crippen LogP contribution in [0.15, 0.2) is 12.4 Å². The maximum atomic E-state index is 6.15. The molecule has 18 heavy (non-hydrogen) atoms. The Morgan fingerprint density at radius 2 is 2.44 bits per heavy atom. The SMILES string of the molecule is CN(Cc1cnn(C)c1)C1(CN)CCCC2CC21. The Morgan fingerprint density at radius 3 is 3.11 bits per heavy atom. The molecule has 3 rings (SSSR count). The topological polar surface area (TPSA) is 47.1 Å². The molecule has 2 N–H and O–H groups in total. The van der Waals surface area contributed by atoms with Crippen molar-refractivity contribution < 1.29 is 0 Å². The molecule has 0 spiro atoms. The lowest BCUT2D eigenvalue weighted by atomic mass is 9.80. The van der Waals surface area contributed by atoms with Crippen LogP contribution in [0.5, 0.6) is 0 Å². The van der Waals surface area contributed by atoms with Crippen molar-refractivity contribution in [3.8, 4) is 0 Å². The number of hydrogen-bond donors (Lipinski definition) is 1. The minimum absolute atomic E-state index is 0.249. The van der Waals surface area contributed by atoms with Crippen molar-refractivity contribution >= 4 is 0 Å². The van der Waals surface area contributed by atoms with Gasteiger partial charge in [0.2, 0.25) is 0 Å². The van der Waals surface area contributed by atoms with Crippen molar-refractivity contribution in [2.75, 3.05) is 13.6 Å². The van der Waals surface area contributed by atoms with Crippen LogP contribution in [0.4, 0.5) is 0 Å². The van der Waals surface area contributed by atoms with Crippen LogP contribution >= 0.6 is 0 Å². The summed E-state index contributed by atoms with van der Waals surface area (Å²) in [6.07, 6.45) is 9.50. The second-order valence-corrected chi connectivity index (χ2v) is 6.18. The van der Waals surface area contributed by atoms with E-state index in [9.17, 15) is 0 Å². The van der Waals surface area contributed by atoms with E-state index in [1.807, 2.05) is 17.9 Å². The largest absolute Gasteiger partial charge is 0.329 e. The lowest BCUT2D eigenvalue weighted by Crippen LogP contribution is -2.55. The van der Waals surface area contributed by atoms with E-state index in [2.05, 4.69) is 23.2 Å². The highest BCUT2D eigenvalue weighted by atomic mass is 15.3. The molecule has 1 heterocycles. The Labute approximate surface area is 109 Å². The first-order valence-electron chi connectivity index (χ1n) is 7.04. The smallest absolute Gasteiger partial charge is 0.0534 e. The minimum atomic E-state index is 0.249. The van der Waals surface area contributed by atoms with E-state index in [0.717, 1.165) is 24.9 Å². The van der Waals surface area contributed by atoms with Gasteiger partial charge in [-0.2, -0.15) is 5.10 Å². The maximum absolute atomic E-state index is 6.15. The molecule has 1 aromatic heterocycles.